The molecule has 1 aromatic heterocycles. The summed E-state index contributed by atoms with van der Waals surface area (Å²) in [6.45, 7) is 4.51. The second kappa shape index (κ2) is 6.85. The fourth-order valence-electron chi connectivity index (χ4n) is 2.75. The van der Waals surface area contributed by atoms with Gasteiger partial charge in [0.05, 0.1) is 19.8 Å². The molecular weight excluding hydrogens is 278 g/mol. The fraction of sp³-hybridized carbons (Fsp3) is 0.412. The Labute approximate surface area is 130 Å². The van der Waals surface area contributed by atoms with E-state index in [1.54, 1.807) is 7.11 Å². The SMILES string of the molecule is COc1ncncc1CN1CC(c2ccccc2)OCC1C. The molecule has 1 fully saturated rings. The molecular formula is C17H21N3O2. The van der Waals surface area contributed by atoms with E-state index in [9.17, 15) is 0 Å². The average molecular weight is 299 g/mol. The zero-order valence-electron chi connectivity index (χ0n) is 13.0. The van der Waals surface area contributed by atoms with E-state index in [1.165, 1.54) is 11.9 Å². The second-order valence-corrected chi connectivity index (χ2v) is 5.57. The summed E-state index contributed by atoms with van der Waals surface area (Å²) in [4.78, 5) is 10.7. The lowest BCUT2D eigenvalue weighted by atomic mass is 10.1. The quantitative estimate of drug-likeness (QED) is 0.868. The fourth-order valence-corrected chi connectivity index (χ4v) is 2.75. The Balaban J connectivity index is 1.74. The Kier molecular flexibility index (Phi) is 4.65. The smallest absolute Gasteiger partial charge is 0.220 e. The Morgan fingerprint density at radius 1 is 1.32 bits per heavy atom. The van der Waals surface area contributed by atoms with E-state index < -0.39 is 0 Å². The third-order valence-electron chi connectivity index (χ3n) is 4.05. The molecule has 0 spiro atoms. The van der Waals surface area contributed by atoms with Gasteiger partial charge < -0.3 is 9.47 Å². The van der Waals surface area contributed by atoms with Gasteiger partial charge in [0.25, 0.3) is 0 Å². The number of hydrogen-bond donors (Lipinski definition) is 0. The maximum Gasteiger partial charge on any atom is 0.220 e. The van der Waals surface area contributed by atoms with Crippen molar-refractivity contribution in [1.82, 2.24) is 14.9 Å². The number of rotatable bonds is 4. The van der Waals surface area contributed by atoms with Crippen molar-refractivity contribution in [2.45, 2.75) is 25.6 Å². The minimum atomic E-state index is 0.105. The third-order valence-corrected chi connectivity index (χ3v) is 4.05. The third kappa shape index (κ3) is 3.26. The van der Waals surface area contributed by atoms with Crippen LogP contribution in [0.2, 0.25) is 0 Å². The summed E-state index contributed by atoms with van der Waals surface area (Å²) >= 11 is 0. The first-order valence-corrected chi connectivity index (χ1v) is 7.51. The molecule has 1 saturated heterocycles. The van der Waals surface area contributed by atoms with Crippen LogP contribution < -0.4 is 4.74 Å². The molecule has 0 amide bonds. The van der Waals surface area contributed by atoms with Crippen LogP contribution in [0.1, 0.15) is 24.2 Å². The first kappa shape index (κ1) is 14.9. The van der Waals surface area contributed by atoms with Gasteiger partial charge in [-0.1, -0.05) is 30.3 Å². The Hall–Kier alpha value is -1.98. The van der Waals surface area contributed by atoms with Gasteiger partial charge in [-0.25, -0.2) is 9.97 Å². The van der Waals surface area contributed by atoms with Gasteiger partial charge in [-0.05, 0) is 12.5 Å². The summed E-state index contributed by atoms with van der Waals surface area (Å²) in [5, 5.41) is 0. The molecule has 116 valence electrons. The van der Waals surface area contributed by atoms with Gasteiger partial charge in [0.2, 0.25) is 5.88 Å². The van der Waals surface area contributed by atoms with Crippen LogP contribution in [0.25, 0.3) is 0 Å². The molecule has 5 nitrogen and oxygen atoms in total. The lowest BCUT2D eigenvalue weighted by Crippen LogP contribution is -2.44. The maximum atomic E-state index is 6.00. The van der Waals surface area contributed by atoms with Crippen LogP contribution in [0.4, 0.5) is 0 Å². The minimum Gasteiger partial charge on any atom is -0.481 e. The van der Waals surface area contributed by atoms with Crippen LogP contribution in [0.5, 0.6) is 5.88 Å². The van der Waals surface area contributed by atoms with Crippen LogP contribution in [0, 0.1) is 0 Å². The molecule has 0 saturated carbocycles. The van der Waals surface area contributed by atoms with E-state index in [0.717, 1.165) is 25.3 Å². The van der Waals surface area contributed by atoms with Gasteiger partial charge in [-0.3, -0.25) is 4.90 Å². The minimum absolute atomic E-state index is 0.105. The molecule has 1 aliphatic heterocycles. The van der Waals surface area contributed by atoms with Crippen molar-refractivity contribution in [3.63, 3.8) is 0 Å². The molecule has 2 heterocycles. The summed E-state index contributed by atoms with van der Waals surface area (Å²) in [5.74, 6) is 0.643. The predicted octanol–water partition coefficient (Wildman–Crippen LogP) is 2.45. The first-order valence-electron chi connectivity index (χ1n) is 7.51. The summed E-state index contributed by atoms with van der Waals surface area (Å²) in [6, 6.07) is 10.7. The second-order valence-electron chi connectivity index (χ2n) is 5.57. The zero-order valence-corrected chi connectivity index (χ0v) is 13.0. The van der Waals surface area contributed by atoms with Crippen molar-refractivity contribution in [3.8, 4) is 5.88 Å². The standard InChI is InChI=1S/C17H21N3O2/c1-13-11-22-16(14-6-4-3-5-7-14)10-20(13)9-15-8-18-12-19-17(15)21-2/h3-8,12-13,16H,9-11H2,1-2H3. The Morgan fingerprint density at radius 2 is 2.14 bits per heavy atom. The number of benzene rings is 1. The zero-order chi connectivity index (χ0) is 15.4. The summed E-state index contributed by atoms with van der Waals surface area (Å²) in [6.07, 6.45) is 3.44. The normalized spacial score (nSPS) is 22.5. The largest absolute Gasteiger partial charge is 0.481 e. The molecule has 2 aromatic rings. The van der Waals surface area contributed by atoms with E-state index in [2.05, 4.69) is 46.1 Å². The number of morpholine rings is 1. The molecule has 0 radical (unpaired) electrons. The number of methoxy groups -OCH3 is 1. The topological polar surface area (TPSA) is 47.5 Å². The molecule has 0 aliphatic carbocycles. The molecule has 2 unspecified atom stereocenters. The van der Waals surface area contributed by atoms with Crippen LogP contribution >= 0.6 is 0 Å². The lowest BCUT2D eigenvalue weighted by Gasteiger charge is -2.38. The van der Waals surface area contributed by atoms with Crippen molar-refractivity contribution in [3.05, 3.63) is 54.0 Å². The van der Waals surface area contributed by atoms with E-state index in [1.807, 2.05) is 12.3 Å². The Bertz CT molecular complexity index is 606. The van der Waals surface area contributed by atoms with Crippen molar-refractivity contribution < 1.29 is 9.47 Å². The van der Waals surface area contributed by atoms with Crippen LogP contribution in [-0.4, -0.2) is 41.2 Å². The van der Waals surface area contributed by atoms with Crippen LogP contribution in [0.15, 0.2) is 42.9 Å². The average Bonchev–Trinajstić information content (AvgIpc) is 2.58. The highest BCUT2D eigenvalue weighted by Crippen LogP contribution is 2.27. The highest BCUT2D eigenvalue weighted by Gasteiger charge is 2.27. The van der Waals surface area contributed by atoms with Crippen molar-refractivity contribution in [2.75, 3.05) is 20.3 Å². The van der Waals surface area contributed by atoms with Gasteiger partial charge in [0.1, 0.15) is 6.33 Å². The van der Waals surface area contributed by atoms with E-state index in [0.29, 0.717) is 11.9 Å². The number of nitrogens with zero attached hydrogens (tertiary/aromatic N) is 3. The van der Waals surface area contributed by atoms with Crippen molar-refractivity contribution in [2.24, 2.45) is 0 Å². The molecule has 0 bridgehead atoms. The summed E-state index contributed by atoms with van der Waals surface area (Å²) in [7, 11) is 1.64. The molecule has 1 aliphatic rings. The van der Waals surface area contributed by atoms with Crippen LogP contribution in [-0.2, 0) is 11.3 Å². The van der Waals surface area contributed by atoms with Crippen molar-refractivity contribution >= 4 is 0 Å². The highest BCUT2D eigenvalue weighted by molar-refractivity contribution is 5.23. The molecule has 5 heteroatoms. The molecule has 22 heavy (non-hydrogen) atoms. The van der Waals surface area contributed by atoms with Gasteiger partial charge in [-0.2, -0.15) is 0 Å². The van der Waals surface area contributed by atoms with E-state index >= 15 is 0 Å². The molecule has 1 aromatic carbocycles. The lowest BCUT2D eigenvalue weighted by molar-refractivity contribution is -0.0635. The molecule has 3 rings (SSSR count). The highest BCUT2D eigenvalue weighted by atomic mass is 16.5. The van der Waals surface area contributed by atoms with Crippen molar-refractivity contribution in [1.29, 1.82) is 0 Å². The van der Waals surface area contributed by atoms with Gasteiger partial charge >= 0.3 is 0 Å². The van der Waals surface area contributed by atoms with Gasteiger partial charge in [0.15, 0.2) is 0 Å². The first-order chi connectivity index (χ1) is 10.8. The molecule has 0 N–H and O–H groups in total. The van der Waals surface area contributed by atoms with Gasteiger partial charge in [0, 0.05) is 30.9 Å². The summed E-state index contributed by atoms with van der Waals surface area (Å²) < 4.78 is 11.3. The van der Waals surface area contributed by atoms with Crippen LogP contribution in [0.3, 0.4) is 0 Å². The van der Waals surface area contributed by atoms with E-state index in [4.69, 9.17) is 9.47 Å². The predicted molar refractivity (Wildman–Crippen MR) is 83.6 cm³/mol. The Morgan fingerprint density at radius 3 is 2.91 bits per heavy atom. The number of ether oxygens (including phenoxy) is 2. The summed E-state index contributed by atoms with van der Waals surface area (Å²) in [5.41, 5.74) is 2.22. The van der Waals surface area contributed by atoms with Gasteiger partial charge in [-0.15, -0.1) is 0 Å². The maximum absolute atomic E-state index is 6.00. The monoisotopic (exact) mass is 299 g/mol. The molecule has 2 atom stereocenters. The number of hydrogen-bond acceptors (Lipinski definition) is 5. The van der Waals surface area contributed by atoms with E-state index in [-0.39, 0.29) is 6.10 Å². The number of aromatic nitrogens is 2.